The Morgan fingerprint density at radius 2 is 2.00 bits per heavy atom. The first-order chi connectivity index (χ1) is 8.54. The van der Waals surface area contributed by atoms with Crippen LogP contribution in [0.25, 0.3) is 0 Å². The number of benzene rings is 1. The molecule has 1 aromatic heterocycles. The van der Waals surface area contributed by atoms with Gasteiger partial charge in [-0.15, -0.1) is 11.3 Å². The first-order valence-electron chi connectivity index (χ1n) is 6.20. The highest BCUT2D eigenvalue weighted by molar-refractivity contribution is 7.09. The first-order valence-corrected chi connectivity index (χ1v) is 7.08. The minimum Gasteiger partial charge on any atom is -0.392 e. The Balaban J connectivity index is 2.02. The maximum atomic E-state index is 10.1. The molecule has 0 spiro atoms. The lowest BCUT2D eigenvalue weighted by molar-refractivity contribution is 0.174. The van der Waals surface area contributed by atoms with Crippen molar-refractivity contribution >= 4 is 11.3 Å². The van der Waals surface area contributed by atoms with Crippen molar-refractivity contribution in [1.29, 1.82) is 0 Å². The van der Waals surface area contributed by atoms with Crippen molar-refractivity contribution in [2.24, 2.45) is 0 Å². The molecule has 0 bridgehead atoms. The molecule has 1 atom stereocenters. The molecule has 0 amide bonds. The Hall–Kier alpha value is -1.19. The van der Waals surface area contributed by atoms with Gasteiger partial charge in [0.15, 0.2) is 0 Å². The Kier molecular flexibility index (Phi) is 4.15. The van der Waals surface area contributed by atoms with Crippen LogP contribution in [0.5, 0.6) is 0 Å². The Bertz CT molecular complexity index is 533. The lowest BCUT2D eigenvalue weighted by Gasteiger charge is -2.12. The molecule has 2 aromatic rings. The molecule has 0 aliphatic rings. The third-order valence-electron chi connectivity index (χ3n) is 3.07. The topological polar surface area (TPSA) is 33.1 Å². The van der Waals surface area contributed by atoms with Crippen LogP contribution in [0.2, 0.25) is 0 Å². The maximum absolute atomic E-state index is 10.1. The van der Waals surface area contributed by atoms with Gasteiger partial charge < -0.3 is 5.11 Å². The summed E-state index contributed by atoms with van der Waals surface area (Å²) >= 11 is 1.64. The zero-order valence-electron chi connectivity index (χ0n) is 11.1. The molecular formula is C15H19NOS. The lowest BCUT2D eigenvalue weighted by atomic mass is 9.98. The fourth-order valence-corrected chi connectivity index (χ4v) is 2.72. The fourth-order valence-electron chi connectivity index (χ4n) is 2.09. The number of aromatic nitrogens is 1. The molecule has 1 unspecified atom stereocenters. The number of rotatable bonds is 4. The van der Waals surface area contributed by atoms with Crippen LogP contribution < -0.4 is 0 Å². The second kappa shape index (κ2) is 5.63. The van der Waals surface area contributed by atoms with Gasteiger partial charge in [0.25, 0.3) is 0 Å². The lowest BCUT2D eigenvalue weighted by Crippen LogP contribution is -2.15. The van der Waals surface area contributed by atoms with Crippen LogP contribution in [-0.2, 0) is 12.8 Å². The molecule has 0 saturated heterocycles. The smallest absolute Gasteiger partial charge is 0.0897 e. The standard InChI is InChI=1S/C15H19NOS/c1-10-4-5-11(2)13(6-10)7-15(17)8-14-9-18-12(3)16-14/h4-6,9,15,17H,7-8H2,1-3H3. The van der Waals surface area contributed by atoms with Crippen molar-refractivity contribution in [2.45, 2.75) is 39.7 Å². The minimum atomic E-state index is -0.355. The van der Waals surface area contributed by atoms with Gasteiger partial charge in [-0.3, -0.25) is 0 Å². The number of hydrogen-bond acceptors (Lipinski definition) is 3. The van der Waals surface area contributed by atoms with E-state index >= 15 is 0 Å². The molecule has 0 aliphatic carbocycles. The summed E-state index contributed by atoms with van der Waals surface area (Å²) in [7, 11) is 0. The SMILES string of the molecule is Cc1ccc(C)c(CC(O)Cc2csc(C)n2)c1. The monoisotopic (exact) mass is 261 g/mol. The maximum Gasteiger partial charge on any atom is 0.0897 e. The first kappa shape index (κ1) is 13.2. The molecule has 18 heavy (non-hydrogen) atoms. The van der Waals surface area contributed by atoms with Gasteiger partial charge in [0.1, 0.15) is 0 Å². The third-order valence-corrected chi connectivity index (χ3v) is 3.89. The molecule has 0 saturated carbocycles. The van der Waals surface area contributed by atoms with Gasteiger partial charge in [-0.1, -0.05) is 23.8 Å². The van der Waals surface area contributed by atoms with Crippen LogP contribution in [0, 0.1) is 20.8 Å². The summed E-state index contributed by atoms with van der Waals surface area (Å²) in [5.74, 6) is 0. The van der Waals surface area contributed by atoms with E-state index in [4.69, 9.17) is 0 Å². The van der Waals surface area contributed by atoms with Crippen LogP contribution in [0.15, 0.2) is 23.6 Å². The number of thiazole rings is 1. The average molecular weight is 261 g/mol. The van der Waals surface area contributed by atoms with E-state index in [1.807, 2.05) is 12.3 Å². The van der Waals surface area contributed by atoms with Gasteiger partial charge in [-0.2, -0.15) is 0 Å². The fraction of sp³-hybridized carbons (Fsp3) is 0.400. The van der Waals surface area contributed by atoms with Gasteiger partial charge in [0, 0.05) is 11.8 Å². The van der Waals surface area contributed by atoms with Gasteiger partial charge >= 0.3 is 0 Å². The third kappa shape index (κ3) is 3.40. The second-order valence-electron chi connectivity index (χ2n) is 4.85. The molecule has 0 fully saturated rings. The molecule has 2 nitrogen and oxygen atoms in total. The predicted molar refractivity (Wildman–Crippen MR) is 76.2 cm³/mol. The highest BCUT2D eigenvalue weighted by Gasteiger charge is 2.10. The van der Waals surface area contributed by atoms with Crippen LogP contribution >= 0.6 is 11.3 Å². The zero-order valence-corrected chi connectivity index (χ0v) is 11.9. The molecule has 0 aliphatic heterocycles. The highest BCUT2D eigenvalue weighted by Crippen LogP contribution is 2.16. The van der Waals surface area contributed by atoms with Crippen molar-refractivity contribution in [2.75, 3.05) is 0 Å². The van der Waals surface area contributed by atoms with E-state index in [2.05, 4.69) is 37.0 Å². The number of hydrogen-bond donors (Lipinski definition) is 1. The average Bonchev–Trinajstić information content (AvgIpc) is 2.69. The zero-order chi connectivity index (χ0) is 13.1. The molecular weight excluding hydrogens is 242 g/mol. The van der Waals surface area contributed by atoms with Crippen LogP contribution in [0.1, 0.15) is 27.4 Å². The van der Waals surface area contributed by atoms with Gasteiger partial charge in [-0.05, 0) is 38.3 Å². The Labute approximate surface area is 112 Å². The summed E-state index contributed by atoms with van der Waals surface area (Å²) in [6.45, 7) is 6.17. The van der Waals surface area contributed by atoms with Crippen molar-refractivity contribution in [3.8, 4) is 0 Å². The van der Waals surface area contributed by atoms with Crippen molar-refractivity contribution < 1.29 is 5.11 Å². The summed E-state index contributed by atoms with van der Waals surface area (Å²) < 4.78 is 0. The van der Waals surface area contributed by atoms with Crippen LogP contribution in [0.4, 0.5) is 0 Å². The van der Waals surface area contributed by atoms with Gasteiger partial charge in [0.2, 0.25) is 0 Å². The Morgan fingerprint density at radius 1 is 1.22 bits per heavy atom. The van der Waals surface area contributed by atoms with E-state index in [1.54, 1.807) is 11.3 Å². The van der Waals surface area contributed by atoms with E-state index < -0.39 is 0 Å². The summed E-state index contributed by atoms with van der Waals surface area (Å²) in [5, 5.41) is 13.2. The van der Waals surface area contributed by atoms with Crippen LogP contribution in [0.3, 0.4) is 0 Å². The van der Waals surface area contributed by atoms with Crippen molar-refractivity contribution in [3.63, 3.8) is 0 Å². The van der Waals surface area contributed by atoms with E-state index in [9.17, 15) is 5.11 Å². The Morgan fingerprint density at radius 3 is 2.67 bits per heavy atom. The number of aliphatic hydroxyl groups is 1. The normalized spacial score (nSPS) is 12.7. The van der Waals surface area contributed by atoms with Crippen molar-refractivity contribution in [3.05, 3.63) is 51.0 Å². The number of aryl methyl sites for hydroxylation is 3. The number of aliphatic hydroxyl groups excluding tert-OH is 1. The van der Waals surface area contributed by atoms with E-state index in [0.717, 1.165) is 10.7 Å². The number of nitrogens with zero attached hydrogens (tertiary/aromatic N) is 1. The van der Waals surface area contributed by atoms with Gasteiger partial charge in [-0.25, -0.2) is 4.98 Å². The predicted octanol–water partition coefficient (Wildman–Crippen LogP) is 3.21. The second-order valence-corrected chi connectivity index (χ2v) is 5.91. The van der Waals surface area contributed by atoms with Gasteiger partial charge in [0.05, 0.1) is 16.8 Å². The summed E-state index contributed by atoms with van der Waals surface area (Å²) in [4.78, 5) is 4.39. The molecule has 1 heterocycles. The molecule has 2 rings (SSSR count). The molecule has 1 aromatic carbocycles. The summed E-state index contributed by atoms with van der Waals surface area (Å²) in [6.07, 6.45) is 0.980. The highest BCUT2D eigenvalue weighted by atomic mass is 32.1. The molecule has 0 radical (unpaired) electrons. The minimum absolute atomic E-state index is 0.355. The summed E-state index contributed by atoms with van der Waals surface area (Å²) in [6, 6.07) is 6.38. The molecule has 3 heteroatoms. The summed E-state index contributed by atoms with van der Waals surface area (Å²) in [5.41, 5.74) is 4.71. The quantitative estimate of drug-likeness (QED) is 0.916. The van der Waals surface area contributed by atoms with Crippen LogP contribution in [-0.4, -0.2) is 16.2 Å². The van der Waals surface area contributed by atoms with Crippen molar-refractivity contribution in [1.82, 2.24) is 4.98 Å². The molecule has 96 valence electrons. The van der Waals surface area contributed by atoms with E-state index in [1.165, 1.54) is 16.7 Å². The van der Waals surface area contributed by atoms with E-state index in [-0.39, 0.29) is 6.10 Å². The molecule has 1 N–H and O–H groups in total. The van der Waals surface area contributed by atoms with E-state index in [0.29, 0.717) is 12.8 Å². The largest absolute Gasteiger partial charge is 0.392 e.